The molecule has 0 spiro atoms. The largest absolute Gasteiger partial charge is 0.225 e. The Labute approximate surface area is 68.2 Å². The molecule has 0 aliphatic heterocycles. The maximum Gasteiger partial charge on any atom is 0.119 e. The van der Waals surface area contributed by atoms with Gasteiger partial charge in [-0.2, -0.15) is 0 Å². The van der Waals surface area contributed by atoms with Crippen molar-refractivity contribution in [1.82, 2.24) is 19.3 Å². The predicted octanol–water partition coefficient (Wildman–Crippen LogP) is 1.01. The molecule has 2 heterocycles. The Morgan fingerprint density at radius 3 is 1.73 bits per heavy atom. The van der Waals surface area contributed by atoms with E-state index in [0.717, 1.165) is 0 Å². The van der Waals surface area contributed by atoms with Crippen LogP contribution in [0.4, 0.5) is 0 Å². The van der Waals surface area contributed by atoms with Crippen LogP contribution in [0.5, 0.6) is 0 Å². The predicted molar refractivity (Wildman–Crippen MR) is 41.9 cm³/mol. The molecule has 0 bridgehead atoms. The van der Waals surface area contributed by atoms with Gasteiger partial charge in [0.15, 0.2) is 0 Å². The van der Waals surface area contributed by atoms with E-state index >= 15 is 0 Å². The zero-order chi connectivity index (χ0) is 7.78. The van der Waals surface area contributed by atoms with Crippen LogP contribution in [0, 0.1) is 0 Å². The highest BCUT2D eigenvalue weighted by Crippen LogP contribution is 1.83. The van der Waals surface area contributed by atoms with Gasteiger partial charge in [0.05, 0.1) is 0 Å². The van der Waals surface area contributed by atoms with Crippen LogP contribution in [0.1, 0.15) is 0 Å². The topological polar surface area (TPSA) is 51.6 Å². The molecule has 4 nitrogen and oxygen atoms in total. The third-order valence-electron chi connectivity index (χ3n) is 0.747. The van der Waals surface area contributed by atoms with Crippen molar-refractivity contribution in [3.05, 3.63) is 36.6 Å². The molecule has 0 aromatic carbocycles. The van der Waals surface area contributed by atoms with E-state index in [4.69, 9.17) is 0 Å². The number of rotatable bonds is 0. The van der Waals surface area contributed by atoms with Crippen LogP contribution in [0.3, 0.4) is 0 Å². The highest BCUT2D eigenvalue weighted by atomic mass is 32.1. The van der Waals surface area contributed by atoms with Crippen LogP contribution < -0.4 is 0 Å². The summed E-state index contributed by atoms with van der Waals surface area (Å²) in [4.78, 5) is 10.7. The van der Waals surface area contributed by atoms with Crippen LogP contribution in [-0.4, -0.2) is 19.3 Å². The minimum Gasteiger partial charge on any atom is -0.225 e. The smallest absolute Gasteiger partial charge is 0.119 e. The maximum absolute atomic E-state index is 3.76. The van der Waals surface area contributed by atoms with Crippen molar-refractivity contribution in [3.8, 4) is 0 Å². The van der Waals surface area contributed by atoms with Crippen LogP contribution in [0.25, 0.3) is 0 Å². The summed E-state index contributed by atoms with van der Waals surface area (Å²) < 4.78 is 3.76. The first-order chi connectivity index (χ1) is 5.50. The van der Waals surface area contributed by atoms with Crippen LogP contribution in [-0.2, 0) is 0 Å². The molecule has 56 valence electrons. The van der Waals surface area contributed by atoms with Gasteiger partial charge in [-0.15, -0.1) is 0 Å². The van der Waals surface area contributed by atoms with E-state index in [-0.39, 0.29) is 0 Å². The van der Waals surface area contributed by atoms with E-state index in [1.54, 1.807) is 6.20 Å². The molecule has 0 fully saturated rings. The lowest BCUT2D eigenvalue weighted by atomic mass is 10.8. The van der Waals surface area contributed by atoms with Crippen LogP contribution in [0.2, 0.25) is 0 Å². The van der Waals surface area contributed by atoms with Gasteiger partial charge in [-0.05, 0) is 17.6 Å². The Morgan fingerprint density at radius 2 is 1.55 bits per heavy atom. The minimum atomic E-state index is 1.44. The van der Waals surface area contributed by atoms with Crippen molar-refractivity contribution in [2.75, 3.05) is 0 Å². The molecule has 2 aromatic heterocycles. The van der Waals surface area contributed by atoms with Gasteiger partial charge in [-0.1, -0.05) is 0 Å². The Morgan fingerprint density at radius 1 is 0.909 bits per heavy atom. The van der Waals surface area contributed by atoms with Gasteiger partial charge in [0, 0.05) is 11.6 Å². The molecule has 0 saturated heterocycles. The molecule has 0 amide bonds. The lowest BCUT2D eigenvalue weighted by molar-refractivity contribution is 1.05. The lowest BCUT2D eigenvalue weighted by Crippen LogP contribution is -1.73. The van der Waals surface area contributed by atoms with E-state index in [1.807, 2.05) is 11.4 Å². The van der Waals surface area contributed by atoms with E-state index in [1.165, 1.54) is 30.5 Å². The fourth-order valence-corrected chi connectivity index (χ4v) is 0.732. The SMILES string of the molecule is c1cnsc1.c1ncncn1. The van der Waals surface area contributed by atoms with Gasteiger partial charge in [-0.25, -0.2) is 19.3 Å². The second-order valence-electron chi connectivity index (χ2n) is 1.48. The summed E-state index contributed by atoms with van der Waals surface area (Å²) in [5.41, 5.74) is 0. The van der Waals surface area contributed by atoms with E-state index in [2.05, 4.69) is 19.3 Å². The van der Waals surface area contributed by atoms with Crippen molar-refractivity contribution >= 4 is 11.5 Å². The molecule has 0 unspecified atom stereocenters. The number of hydrogen-bond acceptors (Lipinski definition) is 5. The number of nitrogens with zero attached hydrogens (tertiary/aromatic N) is 4. The first-order valence-electron chi connectivity index (χ1n) is 2.89. The average Bonchev–Trinajstić information content (AvgIpc) is 2.64. The van der Waals surface area contributed by atoms with Gasteiger partial charge in [0.1, 0.15) is 19.0 Å². The fourth-order valence-electron chi connectivity index (χ4n) is 0.381. The summed E-state index contributed by atoms with van der Waals surface area (Å²) in [6, 6.07) is 1.91. The van der Waals surface area contributed by atoms with Gasteiger partial charge < -0.3 is 0 Å². The Balaban J connectivity index is 0.000000112. The summed E-state index contributed by atoms with van der Waals surface area (Å²) in [6.45, 7) is 0. The first kappa shape index (κ1) is 7.74. The summed E-state index contributed by atoms with van der Waals surface area (Å²) >= 11 is 1.46. The van der Waals surface area contributed by atoms with Gasteiger partial charge in [0.25, 0.3) is 0 Å². The summed E-state index contributed by atoms with van der Waals surface area (Å²) in [7, 11) is 0. The van der Waals surface area contributed by atoms with Crippen LogP contribution >= 0.6 is 11.5 Å². The van der Waals surface area contributed by atoms with Crippen molar-refractivity contribution in [2.45, 2.75) is 0 Å². The van der Waals surface area contributed by atoms with Gasteiger partial charge >= 0.3 is 0 Å². The fraction of sp³-hybridized carbons (Fsp3) is 0. The third kappa shape index (κ3) is 4.10. The molecule has 11 heavy (non-hydrogen) atoms. The quantitative estimate of drug-likeness (QED) is 0.586. The lowest BCUT2D eigenvalue weighted by Gasteiger charge is -1.69. The average molecular weight is 166 g/mol. The van der Waals surface area contributed by atoms with E-state index in [0.29, 0.717) is 0 Å². The van der Waals surface area contributed by atoms with Gasteiger partial charge in [0.2, 0.25) is 0 Å². The molecule has 2 rings (SSSR count). The normalized spacial score (nSPS) is 8.00. The standard InChI is InChI=1S/C3H3N3.C3H3NS/c1-4-2-6-3-5-1;1-2-4-5-3-1/h1-3H;1-3H. The second kappa shape index (κ2) is 5.43. The zero-order valence-electron chi connectivity index (χ0n) is 5.66. The molecule has 5 heteroatoms. The highest BCUT2D eigenvalue weighted by molar-refractivity contribution is 7.03. The second-order valence-corrected chi connectivity index (χ2v) is 2.18. The molecule has 0 atom stereocenters. The van der Waals surface area contributed by atoms with Crippen molar-refractivity contribution in [2.24, 2.45) is 0 Å². The van der Waals surface area contributed by atoms with E-state index in [9.17, 15) is 0 Å². The first-order valence-corrected chi connectivity index (χ1v) is 3.73. The monoisotopic (exact) mass is 166 g/mol. The molecular weight excluding hydrogens is 160 g/mol. The minimum absolute atomic E-state index is 1.44. The maximum atomic E-state index is 3.76. The van der Waals surface area contributed by atoms with E-state index < -0.39 is 0 Å². The third-order valence-corrected chi connectivity index (χ3v) is 1.27. The summed E-state index contributed by atoms with van der Waals surface area (Å²) in [5, 5.41) is 1.93. The summed E-state index contributed by atoms with van der Waals surface area (Å²) in [5.74, 6) is 0. The van der Waals surface area contributed by atoms with Crippen molar-refractivity contribution in [1.29, 1.82) is 0 Å². The molecule has 0 radical (unpaired) electrons. The molecule has 0 N–H and O–H groups in total. The Bertz CT molecular complexity index is 200. The highest BCUT2D eigenvalue weighted by Gasteiger charge is 1.60. The molecule has 2 aromatic rings. The Hall–Kier alpha value is -1.36. The zero-order valence-corrected chi connectivity index (χ0v) is 6.48. The molecule has 0 aliphatic carbocycles. The molecule has 0 saturated carbocycles. The number of aromatic nitrogens is 4. The summed E-state index contributed by atoms with van der Waals surface area (Å²) in [6.07, 6.45) is 6.08. The van der Waals surface area contributed by atoms with Crippen molar-refractivity contribution < 1.29 is 0 Å². The number of hydrogen-bond donors (Lipinski definition) is 0. The Kier molecular flexibility index (Phi) is 3.82. The van der Waals surface area contributed by atoms with Gasteiger partial charge in [-0.3, -0.25) is 0 Å². The molecule has 0 aliphatic rings. The van der Waals surface area contributed by atoms with Crippen LogP contribution in [0.15, 0.2) is 36.6 Å². The van der Waals surface area contributed by atoms with Crippen molar-refractivity contribution in [3.63, 3.8) is 0 Å². The molecular formula is C6H6N4S.